The number of aliphatic hydroxyl groups excluding tert-OH is 1. The highest BCUT2D eigenvalue weighted by atomic mass is 16.5. The molecule has 0 spiro atoms. The van der Waals surface area contributed by atoms with E-state index in [2.05, 4.69) is 20.4 Å². The number of nitrogens with one attached hydrogen (secondary N) is 2. The normalized spacial score (nSPS) is 16.4. The minimum atomic E-state index is -0.590. The molecule has 158 valence electrons. The minimum Gasteiger partial charge on any atom is -0.497 e. The van der Waals surface area contributed by atoms with E-state index in [-0.39, 0.29) is 12.5 Å². The molecule has 29 heavy (non-hydrogen) atoms. The number of H-pyrrole nitrogens is 1. The Balaban J connectivity index is 1.48. The van der Waals surface area contributed by atoms with Crippen LogP contribution in [0.3, 0.4) is 0 Å². The number of benzene rings is 1. The summed E-state index contributed by atoms with van der Waals surface area (Å²) in [5.41, 5.74) is 1.78. The Morgan fingerprint density at radius 3 is 2.76 bits per heavy atom. The number of aromatic amines is 1. The lowest BCUT2D eigenvalue weighted by molar-refractivity contribution is -0.121. The molecule has 0 saturated carbocycles. The van der Waals surface area contributed by atoms with Crippen molar-refractivity contribution in [2.75, 3.05) is 40.4 Å². The molecule has 0 bridgehead atoms. The lowest BCUT2D eigenvalue weighted by Gasteiger charge is -2.32. The molecule has 2 aromatic rings. The number of hydrogen-bond acceptors (Lipinski definition) is 6. The van der Waals surface area contributed by atoms with Crippen LogP contribution >= 0.6 is 0 Å². The second kappa shape index (κ2) is 10.3. The van der Waals surface area contributed by atoms with Crippen molar-refractivity contribution in [1.29, 1.82) is 0 Å². The number of amides is 1. The van der Waals surface area contributed by atoms with E-state index in [1.165, 1.54) is 0 Å². The van der Waals surface area contributed by atoms with Gasteiger partial charge in [0, 0.05) is 37.8 Å². The smallest absolute Gasteiger partial charge is 0.220 e. The molecule has 0 radical (unpaired) electrons. The number of aromatic nitrogens is 2. The fourth-order valence-electron chi connectivity index (χ4n) is 3.63. The molecule has 2 heterocycles. The van der Waals surface area contributed by atoms with Gasteiger partial charge in [-0.25, -0.2) is 0 Å². The summed E-state index contributed by atoms with van der Waals surface area (Å²) in [4.78, 5) is 13.7. The molecular weight excluding hydrogens is 372 g/mol. The lowest BCUT2D eigenvalue weighted by Crippen LogP contribution is -2.41. The summed E-state index contributed by atoms with van der Waals surface area (Å²) in [7, 11) is 3.28. The van der Waals surface area contributed by atoms with E-state index in [9.17, 15) is 9.90 Å². The number of hydrogen-bond donors (Lipinski definition) is 3. The second-order valence-electron chi connectivity index (χ2n) is 7.45. The molecule has 1 amide bonds. The highest BCUT2D eigenvalue weighted by Gasteiger charge is 2.22. The lowest BCUT2D eigenvalue weighted by atomic mass is 9.93. The number of rotatable bonds is 9. The average Bonchev–Trinajstić information content (AvgIpc) is 3.28. The number of aliphatic hydroxyl groups is 1. The number of carbonyl (C=O) groups excluding carboxylic acids is 1. The van der Waals surface area contributed by atoms with Crippen molar-refractivity contribution in [3.05, 3.63) is 30.5 Å². The van der Waals surface area contributed by atoms with Crippen molar-refractivity contribution in [1.82, 2.24) is 20.4 Å². The van der Waals surface area contributed by atoms with E-state index in [1.807, 2.05) is 18.2 Å². The molecule has 1 unspecified atom stereocenters. The first-order valence-corrected chi connectivity index (χ1v) is 10.00. The number of nitrogens with zero attached hydrogens (tertiary/aromatic N) is 2. The number of β-amino-alcohol motifs (C(OH)–C–C–N with tert-alkyl or cyclic N) is 1. The Kier molecular flexibility index (Phi) is 7.48. The van der Waals surface area contributed by atoms with E-state index in [0.717, 1.165) is 37.2 Å². The zero-order chi connectivity index (χ0) is 20.6. The first-order valence-electron chi connectivity index (χ1n) is 10.00. The molecule has 0 aliphatic carbocycles. The minimum absolute atomic E-state index is 0.102. The highest BCUT2D eigenvalue weighted by Crippen LogP contribution is 2.29. The molecule has 8 nitrogen and oxygen atoms in total. The van der Waals surface area contributed by atoms with Gasteiger partial charge in [0.1, 0.15) is 24.2 Å². The van der Waals surface area contributed by atoms with E-state index in [4.69, 9.17) is 9.47 Å². The Hall–Kier alpha value is -2.58. The topological polar surface area (TPSA) is 99.7 Å². The van der Waals surface area contributed by atoms with E-state index < -0.39 is 6.10 Å². The van der Waals surface area contributed by atoms with Crippen LogP contribution in [-0.2, 0) is 4.79 Å². The second-order valence-corrected chi connectivity index (χ2v) is 7.45. The molecule has 1 atom stereocenters. The Morgan fingerprint density at radius 2 is 2.10 bits per heavy atom. The van der Waals surface area contributed by atoms with Crippen molar-refractivity contribution in [2.45, 2.75) is 25.4 Å². The van der Waals surface area contributed by atoms with Crippen molar-refractivity contribution in [3.8, 4) is 22.8 Å². The van der Waals surface area contributed by atoms with Gasteiger partial charge in [0.15, 0.2) is 0 Å². The van der Waals surface area contributed by atoms with Crippen LogP contribution in [0.15, 0.2) is 30.5 Å². The van der Waals surface area contributed by atoms with Crippen molar-refractivity contribution in [2.24, 2.45) is 5.92 Å². The quantitative estimate of drug-likeness (QED) is 0.590. The van der Waals surface area contributed by atoms with E-state index in [0.29, 0.717) is 30.4 Å². The molecule has 1 aliphatic heterocycles. The molecule has 3 N–H and O–H groups in total. The summed E-state index contributed by atoms with van der Waals surface area (Å²) >= 11 is 0. The van der Waals surface area contributed by atoms with Crippen molar-refractivity contribution in [3.63, 3.8) is 0 Å². The van der Waals surface area contributed by atoms with Gasteiger partial charge in [0.05, 0.1) is 12.8 Å². The van der Waals surface area contributed by atoms with Gasteiger partial charge in [-0.2, -0.15) is 5.10 Å². The van der Waals surface area contributed by atoms with Crippen LogP contribution in [0.5, 0.6) is 11.5 Å². The molecule has 1 aromatic heterocycles. The van der Waals surface area contributed by atoms with Gasteiger partial charge < -0.3 is 24.8 Å². The third-order valence-electron chi connectivity index (χ3n) is 5.30. The SMILES string of the molecule is CNC(=O)CC1CCN(CC(O)COc2cc(OC)cc(-c3ccn[nH]3)c2)CC1. The zero-order valence-electron chi connectivity index (χ0n) is 17.1. The fourth-order valence-corrected chi connectivity index (χ4v) is 3.63. The highest BCUT2D eigenvalue weighted by molar-refractivity contribution is 5.75. The first kappa shape index (κ1) is 21.1. The summed E-state index contributed by atoms with van der Waals surface area (Å²) < 4.78 is 11.2. The van der Waals surface area contributed by atoms with Crippen LogP contribution in [-0.4, -0.2) is 72.6 Å². The summed E-state index contributed by atoms with van der Waals surface area (Å²) in [5, 5.41) is 20.0. The molecular formula is C21H30N4O4. The van der Waals surface area contributed by atoms with E-state index >= 15 is 0 Å². The predicted molar refractivity (Wildman–Crippen MR) is 110 cm³/mol. The third kappa shape index (κ3) is 6.20. The molecule has 1 saturated heterocycles. The summed E-state index contributed by atoms with van der Waals surface area (Å²) in [5.74, 6) is 1.85. The Morgan fingerprint density at radius 1 is 1.34 bits per heavy atom. The number of carbonyl (C=O) groups is 1. The van der Waals surface area contributed by atoms with Crippen LogP contribution in [0.25, 0.3) is 11.3 Å². The number of likely N-dealkylation sites (tertiary alicyclic amines) is 1. The van der Waals surface area contributed by atoms with Crippen LogP contribution < -0.4 is 14.8 Å². The summed E-state index contributed by atoms with van der Waals surface area (Å²) in [6.45, 7) is 2.54. The van der Waals surface area contributed by atoms with Crippen LogP contribution in [0, 0.1) is 5.92 Å². The fraction of sp³-hybridized carbons (Fsp3) is 0.524. The van der Waals surface area contributed by atoms with Gasteiger partial charge in [-0.3, -0.25) is 9.89 Å². The standard InChI is InChI=1S/C21H30N4O4/c1-22-21(27)9-15-4-7-25(8-5-15)13-17(26)14-29-19-11-16(10-18(12-19)28-2)20-3-6-23-24-20/h3,6,10-12,15,17,26H,4-5,7-9,13-14H2,1-2H3,(H,22,27)(H,23,24). The average molecular weight is 402 g/mol. The molecule has 1 fully saturated rings. The summed E-state index contributed by atoms with van der Waals surface area (Å²) in [6.07, 6.45) is 3.64. The van der Waals surface area contributed by atoms with Gasteiger partial charge in [-0.15, -0.1) is 0 Å². The van der Waals surface area contributed by atoms with Gasteiger partial charge in [-0.1, -0.05) is 0 Å². The van der Waals surface area contributed by atoms with Crippen LogP contribution in [0.1, 0.15) is 19.3 Å². The van der Waals surface area contributed by atoms with Gasteiger partial charge in [0.2, 0.25) is 5.91 Å². The third-order valence-corrected chi connectivity index (χ3v) is 5.30. The summed E-state index contributed by atoms with van der Waals surface area (Å²) in [6, 6.07) is 7.48. The predicted octanol–water partition coefficient (Wildman–Crippen LogP) is 1.67. The first-order chi connectivity index (χ1) is 14.1. The Bertz CT molecular complexity index is 773. The van der Waals surface area contributed by atoms with Crippen LogP contribution in [0.4, 0.5) is 0 Å². The van der Waals surface area contributed by atoms with Gasteiger partial charge >= 0.3 is 0 Å². The zero-order valence-corrected chi connectivity index (χ0v) is 17.1. The van der Waals surface area contributed by atoms with Gasteiger partial charge in [-0.05, 0) is 50.0 Å². The number of methoxy groups -OCH3 is 1. The molecule has 3 rings (SSSR count). The molecule has 1 aliphatic rings. The molecule has 8 heteroatoms. The maximum Gasteiger partial charge on any atom is 0.220 e. The van der Waals surface area contributed by atoms with Crippen LogP contribution in [0.2, 0.25) is 0 Å². The maximum atomic E-state index is 11.5. The number of ether oxygens (including phenoxy) is 2. The monoisotopic (exact) mass is 402 g/mol. The maximum absolute atomic E-state index is 11.5. The van der Waals surface area contributed by atoms with E-state index in [1.54, 1.807) is 26.4 Å². The largest absolute Gasteiger partial charge is 0.497 e. The molecule has 1 aromatic carbocycles. The van der Waals surface area contributed by atoms with Crippen molar-refractivity contribution < 1.29 is 19.4 Å². The Labute approximate surface area is 171 Å². The van der Waals surface area contributed by atoms with Crippen molar-refractivity contribution >= 4 is 5.91 Å². The number of piperidine rings is 1. The van der Waals surface area contributed by atoms with Gasteiger partial charge in [0.25, 0.3) is 0 Å².